The standard InChI is InChI=1S/C26H31N3O/c1-16-17(2)25-21(18(3)24(16)27)13-26(4,30-25)15-29-11-9-19(10-12-29)22-14-28-23-8-6-5-7-20(22)23/h5-9,14,28H,10-13,15,27H2,1-4H3. The van der Waals surface area contributed by atoms with Gasteiger partial charge in [0.25, 0.3) is 0 Å². The number of rotatable bonds is 3. The number of nitrogens with zero attached hydrogens (tertiary/aromatic N) is 1. The van der Waals surface area contributed by atoms with Gasteiger partial charge in [-0.25, -0.2) is 0 Å². The Kier molecular flexibility index (Phi) is 4.44. The molecule has 30 heavy (non-hydrogen) atoms. The van der Waals surface area contributed by atoms with E-state index in [1.807, 2.05) is 0 Å². The van der Waals surface area contributed by atoms with Crippen molar-refractivity contribution in [3.8, 4) is 5.75 Å². The first-order valence-corrected chi connectivity index (χ1v) is 10.9. The molecule has 0 fully saturated rings. The van der Waals surface area contributed by atoms with Gasteiger partial charge >= 0.3 is 0 Å². The predicted octanol–water partition coefficient (Wildman–Crippen LogP) is 5.16. The molecule has 0 bridgehead atoms. The normalized spacial score (nSPS) is 21.5. The Morgan fingerprint density at radius 3 is 2.70 bits per heavy atom. The lowest BCUT2D eigenvalue weighted by Crippen LogP contribution is -2.45. The van der Waals surface area contributed by atoms with E-state index < -0.39 is 0 Å². The zero-order valence-electron chi connectivity index (χ0n) is 18.4. The van der Waals surface area contributed by atoms with E-state index in [1.54, 1.807) is 0 Å². The number of para-hydroxylation sites is 1. The summed E-state index contributed by atoms with van der Waals surface area (Å²) >= 11 is 0. The summed E-state index contributed by atoms with van der Waals surface area (Å²) in [5, 5.41) is 1.32. The van der Waals surface area contributed by atoms with Gasteiger partial charge in [-0.2, -0.15) is 0 Å². The Labute approximate surface area is 178 Å². The molecule has 2 aliphatic rings. The number of aromatic nitrogens is 1. The molecule has 1 atom stereocenters. The zero-order chi connectivity index (χ0) is 21.0. The summed E-state index contributed by atoms with van der Waals surface area (Å²) in [7, 11) is 0. The van der Waals surface area contributed by atoms with E-state index in [4.69, 9.17) is 10.5 Å². The maximum absolute atomic E-state index is 6.58. The molecule has 3 N–H and O–H groups in total. The molecule has 0 spiro atoms. The molecule has 0 radical (unpaired) electrons. The Hall–Kier alpha value is -2.72. The van der Waals surface area contributed by atoms with Crippen LogP contribution in [0.5, 0.6) is 5.75 Å². The molecule has 2 aliphatic heterocycles. The summed E-state index contributed by atoms with van der Waals surface area (Å²) in [4.78, 5) is 5.93. The monoisotopic (exact) mass is 401 g/mol. The van der Waals surface area contributed by atoms with Crippen LogP contribution in [0, 0.1) is 20.8 Å². The summed E-state index contributed by atoms with van der Waals surface area (Å²) in [5.74, 6) is 1.06. The average molecular weight is 402 g/mol. The SMILES string of the molecule is Cc1c(C)c2c(c(C)c1N)CC(C)(CN1CC=C(c3c[nH]c4ccccc34)CC1)O2. The second-order valence-electron chi connectivity index (χ2n) is 9.29. The lowest BCUT2D eigenvalue weighted by Gasteiger charge is -2.34. The molecule has 4 nitrogen and oxygen atoms in total. The molecule has 3 aromatic rings. The van der Waals surface area contributed by atoms with Crippen molar-refractivity contribution in [1.82, 2.24) is 9.88 Å². The molecule has 0 aliphatic carbocycles. The highest BCUT2D eigenvalue weighted by Crippen LogP contribution is 2.44. The van der Waals surface area contributed by atoms with Gasteiger partial charge in [0.1, 0.15) is 11.4 Å². The van der Waals surface area contributed by atoms with Crippen LogP contribution < -0.4 is 10.5 Å². The number of nitrogen functional groups attached to an aromatic ring is 1. The Bertz CT molecular complexity index is 1130. The second-order valence-corrected chi connectivity index (χ2v) is 9.29. The van der Waals surface area contributed by atoms with Crippen LogP contribution in [-0.2, 0) is 6.42 Å². The zero-order valence-corrected chi connectivity index (χ0v) is 18.4. The van der Waals surface area contributed by atoms with E-state index in [1.165, 1.54) is 38.7 Å². The lowest BCUT2D eigenvalue weighted by molar-refractivity contribution is 0.0670. The van der Waals surface area contributed by atoms with Crippen LogP contribution in [0.4, 0.5) is 5.69 Å². The summed E-state index contributed by atoms with van der Waals surface area (Å²) in [6.45, 7) is 11.6. The summed E-state index contributed by atoms with van der Waals surface area (Å²) in [6.07, 6.45) is 6.54. The third kappa shape index (κ3) is 3.02. The second kappa shape index (κ2) is 6.92. The molecular formula is C26H31N3O. The van der Waals surface area contributed by atoms with Gasteiger partial charge in [0.05, 0.1) is 0 Å². The van der Waals surface area contributed by atoms with Gasteiger partial charge in [0.2, 0.25) is 0 Å². The number of hydrogen-bond acceptors (Lipinski definition) is 3. The highest BCUT2D eigenvalue weighted by atomic mass is 16.5. The molecule has 0 saturated carbocycles. The van der Waals surface area contributed by atoms with Crippen molar-refractivity contribution in [1.29, 1.82) is 0 Å². The van der Waals surface area contributed by atoms with Crippen molar-refractivity contribution in [3.63, 3.8) is 0 Å². The van der Waals surface area contributed by atoms with Gasteiger partial charge in [-0.05, 0) is 62.4 Å². The summed E-state index contributed by atoms with van der Waals surface area (Å²) < 4.78 is 6.58. The number of fused-ring (bicyclic) bond motifs is 2. The highest BCUT2D eigenvalue weighted by molar-refractivity contribution is 5.92. The maximum Gasteiger partial charge on any atom is 0.127 e. The Balaban J connectivity index is 1.33. The molecule has 3 heterocycles. The molecule has 2 aromatic carbocycles. The Morgan fingerprint density at radius 2 is 1.93 bits per heavy atom. The highest BCUT2D eigenvalue weighted by Gasteiger charge is 2.39. The van der Waals surface area contributed by atoms with Crippen molar-refractivity contribution < 1.29 is 4.74 Å². The molecule has 1 unspecified atom stereocenters. The van der Waals surface area contributed by atoms with E-state index in [0.717, 1.165) is 49.5 Å². The predicted molar refractivity (Wildman–Crippen MR) is 125 cm³/mol. The van der Waals surface area contributed by atoms with Crippen LogP contribution >= 0.6 is 0 Å². The molecule has 4 heteroatoms. The van der Waals surface area contributed by atoms with Gasteiger partial charge in [-0.3, -0.25) is 4.90 Å². The number of anilines is 1. The quantitative estimate of drug-likeness (QED) is 0.596. The number of nitrogens with one attached hydrogen (secondary N) is 1. The maximum atomic E-state index is 6.58. The summed E-state index contributed by atoms with van der Waals surface area (Å²) in [5.41, 5.74) is 15.9. The topological polar surface area (TPSA) is 54.3 Å². The average Bonchev–Trinajstić information content (AvgIpc) is 3.33. The van der Waals surface area contributed by atoms with E-state index in [9.17, 15) is 0 Å². The minimum Gasteiger partial charge on any atom is -0.485 e. The number of benzene rings is 2. The van der Waals surface area contributed by atoms with Crippen LogP contribution in [0.1, 0.15) is 41.2 Å². The lowest BCUT2D eigenvalue weighted by atomic mass is 9.91. The number of hydrogen-bond donors (Lipinski definition) is 2. The van der Waals surface area contributed by atoms with Crippen LogP contribution in [0.3, 0.4) is 0 Å². The summed E-state index contributed by atoms with van der Waals surface area (Å²) in [6, 6.07) is 8.54. The third-order valence-corrected chi connectivity index (χ3v) is 7.12. The Morgan fingerprint density at radius 1 is 1.13 bits per heavy atom. The van der Waals surface area contributed by atoms with Crippen LogP contribution in [0.2, 0.25) is 0 Å². The fraction of sp³-hybridized carbons (Fsp3) is 0.385. The van der Waals surface area contributed by atoms with Crippen molar-refractivity contribution in [3.05, 3.63) is 64.4 Å². The van der Waals surface area contributed by atoms with Crippen LogP contribution in [-0.4, -0.2) is 35.1 Å². The van der Waals surface area contributed by atoms with E-state index in [0.29, 0.717) is 0 Å². The van der Waals surface area contributed by atoms with E-state index in [-0.39, 0.29) is 5.60 Å². The third-order valence-electron chi connectivity index (χ3n) is 7.12. The molecule has 1 aromatic heterocycles. The first-order chi connectivity index (χ1) is 14.4. The molecule has 0 amide bonds. The van der Waals surface area contributed by atoms with Gasteiger partial charge in [-0.1, -0.05) is 24.3 Å². The number of nitrogens with two attached hydrogens (primary N) is 1. The van der Waals surface area contributed by atoms with Crippen molar-refractivity contribution in [2.45, 2.75) is 46.1 Å². The smallest absolute Gasteiger partial charge is 0.127 e. The largest absolute Gasteiger partial charge is 0.485 e. The van der Waals surface area contributed by atoms with Gasteiger partial charge in [-0.15, -0.1) is 0 Å². The first kappa shape index (κ1) is 19.3. The number of aromatic amines is 1. The van der Waals surface area contributed by atoms with E-state index in [2.05, 4.69) is 74.1 Å². The fourth-order valence-corrected chi connectivity index (χ4v) is 5.22. The van der Waals surface area contributed by atoms with Gasteiger partial charge in [0, 0.05) is 60.0 Å². The number of ether oxygens (including phenoxy) is 1. The van der Waals surface area contributed by atoms with Gasteiger partial charge in [0.15, 0.2) is 0 Å². The van der Waals surface area contributed by atoms with Crippen LogP contribution in [0.15, 0.2) is 36.5 Å². The van der Waals surface area contributed by atoms with Crippen molar-refractivity contribution in [2.75, 3.05) is 25.4 Å². The molecular weight excluding hydrogens is 370 g/mol. The number of H-pyrrole nitrogens is 1. The van der Waals surface area contributed by atoms with Gasteiger partial charge < -0.3 is 15.5 Å². The van der Waals surface area contributed by atoms with Crippen molar-refractivity contribution in [2.24, 2.45) is 0 Å². The van der Waals surface area contributed by atoms with Crippen LogP contribution in [0.25, 0.3) is 16.5 Å². The molecule has 156 valence electrons. The van der Waals surface area contributed by atoms with Crippen molar-refractivity contribution >= 4 is 22.2 Å². The van der Waals surface area contributed by atoms with E-state index >= 15 is 0 Å². The first-order valence-electron chi connectivity index (χ1n) is 10.9. The minimum absolute atomic E-state index is 0.204. The molecule has 5 rings (SSSR count). The molecule has 0 saturated heterocycles. The minimum atomic E-state index is -0.204. The fourth-order valence-electron chi connectivity index (χ4n) is 5.22.